The van der Waals surface area contributed by atoms with Gasteiger partial charge in [0.15, 0.2) is 0 Å². The van der Waals surface area contributed by atoms with Crippen molar-refractivity contribution in [1.29, 1.82) is 0 Å². The highest BCUT2D eigenvalue weighted by Crippen LogP contribution is 2.41. The molecule has 0 spiro atoms. The molecule has 0 N–H and O–H groups in total. The average Bonchev–Trinajstić information content (AvgIpc) is 2.76. The van der Waals surface area contributed by atoms with Crippen molar-refractivity contribution in [3.05, 3.63) is 17.5 Å². The standard InChI is InChI=1S/C8H11ClN2/c1-11-8(4-9)7(5-10-11)6-2-3-6/h5-6H,2-4H2,1H3. The number of rotatable bonds is 2. The van der Waals surface area contributed by atoms with E-state index in [2.05, 4.69) is 5.10 Å². The van der Waals surface area contributed by atoms with Gasteiger partial charge in [0, 0.05) is 7.05 Å². The van der Waals surface area contributed by atoms with Crippen molar-refractivity contribution in [2.45, 2.75) is 24.6 Å². The number of hydrogen-bond donors (Lipinski definition) is 0. The quantitative estimate of drug-likeness (QED) is 0.622. The first-order chi connectivity index (χ1) is 5.33. The normalized spacial score (nSPS) is 17.3. The Morgan fingerprint density at radius 1 is 1.73 bits per heavy atom. The number of aryl methyl sites for hydroxylation is 1. The maximum absolute atomic E-state index is 5.79. The molecule has 0 aliphatic heterocycles. The second kappa shape index (κ2) is 2.52. The maximum atomic E-state index is 5.79. The Morgan fingerprint density at radius 3 is 3.00 bits per heavy atom. The molecule has 0 amide bonds. The summed E-state index contributed by atoms with van der Waals surface area (Å²) in [5.74, 6) is 1.35. The van der Waals surface area contributed by atoms with Crippen molar-refractivity contribution in [2.24, 2.45) is 7.05 Å². The van der Waals surface area contributed by atoms with Crippen molar-refractivity contribution in [1.82, 2.24) is 9.78 Å². The molecule has 3 heteroatoms. The van der Waals surface area contributed by atoms with E-state index in [9.17, 15) is 0 Å². The number of halogens is 1. The number of nitrogens with zero attached hydrogens (tertiary/aromatic N) is 2. The molecule has 1 fully saturated rings. The fraction of sp³-hybridized carbons (Fsp3) is 0.625. The topological polar surface area (TPSA) is 17.8 Å². The molecule has 1 aromatic heterocycles. The predicted octanol–water partition coefficient (Wildman–Crippen LogP) is 2.04. The van der Waals surface area contributed by atoms with E-state index < -0.39 is 0 Å². The molecule has 0 saturated heterocycles. The molecule has 0 radical (unpaired) electrons. The molecule has 11 heavy (non-hydrogen) atoms. The first kappa shape index (κ1) is 7.17. The maximum Gasteiger partial charge on any atom is 0.0647 e. The largest absolute Gasteiger partial charge is 0.271 e. The SMILES string of the molecule is Cn1ncc(C2CC2)c1CCl. The van der Waals surface area contributed by atoms with Crippen LogP contribution >= 0.6 is 11.6 Å². The van der Waals surface area contributed by atoms with Gasteiger partial charge in [-0.2, -0.15) is 5.10 Å². The van der Waals surface area contributed by atoms with Crippen LogP contribution in [0, 0.1) is 0 Å². The minimum atomic E-state index is 0.586. The first-order valence-electron chi connectivity index (χ1n) is 3.89. The fourth-order valence-corrected chi connectivity index (χ4v) is 1.71. The summed E-state index contributed by atoms with van der Waals surface area (Å²) >= 11 is 5.79. The van der Waals surface area contributed by atoms with Gasteiger partial charge in [-0.15, -0.1) is 11.6 Å². The van der Waals surface area contributed by atoms with Crippen LogP contribution in [-0.2, 0) is 12.9 Å². The zero-order valence-corrected chi connectivity index (χ0v) is 7.30. The molecule has 0 bridgehead atoms. The molecule has 1 heterocycles. The third kappa shape index (κ3) is 1.16. The summed E-state index contributed by atoms with van der Waals surface area (Å²) in [5, 5.41) is 4.18. The van der Waals surface area contributed by atoms with E-state index in [4.69, 9.17) is 11.6 Å². The second-order valence-electron chi connectivity index (χ2n) is 3.08. The Morgan fingerprint density at radius 2 is 2.45 bits per heavy atom. The molecule has 1 aliphatic carbocycles. The van der Waals surface area contributed by atoms with Crippen LogP contribution in [0.2, 0.25) is 0 Å². The lowest BCUT2D eigenvalue weighted by atomic mass is 10.2. The summed E-state index contributed by atoms with van der Waals surface area (Å²) in [7, 11) is 1.95. The Balaban J connectivity index is 2.36. The second-order valence-corrected chi connectivity index (χ2v) is 3.35. The van der Waals surface area contributed by atoms with E-state index >= 15 is 0 Å². The Kier molecular flexibility index (Phi) is 1.64. The summed E-state index contributed by atoms with van der Waals surface area (Å²) < 4.78 is 1.88. The number of hydrogen-bond acceptors (Lipinski definition) is 1. The van der Waals surface area contributed by atoms with Crippen LogP contribution in [-0.4, -0.2) is 9.78 Å². The number of alkyl halides is 1. The highest BCUT2D eigenvalue weighted by atomic mass is 35.5. The van der Waals surface area contributed by atoms with Gasteiger partial charge >= 0.3 is 0 Å². The Hall–Kier alpha value is -0.500. The molecular weight excluding hydrogens is 160 g/mol. The molecule has 0 atom stereocenters. The van der Waals surface area contributed by atoms with Crippen molar-refractivity contribution in [3.8, 4) is 0 Å². The smallest absolute Gasteiger partial charge is 0.0647 e. The third-order valence-corrected chi connectivity index (χ3v) is 2.49. The van der Waals surface area contributed by atoms with Crippen molar-refractivity contribution in [2.75, 3.05) is 0 Å². The van der Waals surface area contributed by atoms with Crippen LogP contribution in [0.3, 0.4) is 0 Å². The summed E-state index contributed by atoms with van der Waals surface area (Å²) in [6.07, 6.45) is 4.58. The monoisotopic (exact) mass is 170 g/mol. The average molecular weight is 171 g/mol. The molecule has 60 valence electrons. The fourth-order valence-electron chi connectivity index (χ4n) is 1.38. The molecular formula is C8H11ClN2. The lowest BCUT2D eigenvalue weighted by Gasteiger charge is -1.98. The van der Waals surface area contributed by atoms with E-state index in [-0.39, 0.29) is 0 Å². The minimum Gasteiger partial charge on any atom is -0.271 e. The van der Waals surface area contributed by atoms with E-state index in [0.29, 0.717) is 5.88 Å². The van der Waals surface area contributed by atoms with Crippen LogP contribution < -0.4 is 0 Å². The summed E-state index contributed by atoms with van der Waals surface area (Å²) in [6.45, 7) is 0. The molecule has 2 rings (SSSR count). The summed E-state index contributed by atoms with van der Waals surface area (Å²) in [4.78, 5) is 0. The highest BCUT2D eigenvalue weighted by molar-refractivity contribution is 6.17. The van der Waals surface area contributed by atoms with Gasteiger partial charge in [0.2, 0.25) is 0 Å². The van der Waals surface area contributed by atoms with Crippen molar-refractivity contribution in [3.63, 3.8) is 0 Å². The van der Waals surface area contributed by atoms with Crippen LogP contribution in [0.1, 0.15) is 30.0 Å². The van der Waals surface area contributed by atoms with E-state index in [1.54, 1.807) is 0 Å². The molecule has 2 nitrogen and oxygen atoms in total. The van der Waals surface area contributed by atoms with Crippen LogP contribution in [0.4, 0.5) is 0 Å². The molecule has 1 aliphatic rings. The molecule has 0 unspecified atom stereocenters. The predicted molar refractivity (Wildman–Crippen MR) is 44.7 cm³/mol. The molecule has 1 aromatic rings. The van der Waals surface area contributed by atoms with E-state index in [0.717, 1.165) is 5.92 Å². The van der Waals surface area contributed by atoms with Crippen LogP contribution in [0.25, 0.3) is 0 Å². The Bertz CT molecular complexity index is 263. The van der Waals surface area contributed by atoms with Crippen LogP contribution in [0.5, 0.6) is 0 Å². The minimum absolute atomic E-state index is 0.586. The Labute approximate surface area is 71.2 Å². The first-order valence-corrected chi connectivity index (χ1v) is 4.43. The zero-order valence-electron chi connectivity index (χ0n) is 6.55. The van der Waals surface area contributed by atoms with Gasteiger partial charge in [-0.3, -0.25) is 4.68 Å². The van der Waals surface area contributed by atoms with Gasteiger partial charge < -0.3 is 0 Å². The molecule has 0 aromatic carbocycles. The third-order valence-electron chi connectivity index (χ3n) is 2.24. The van der Waals surface area contributed by atoms with Gasteiger partial charge in [0.25, 0.3) is 0 Å². The zero-order chi connectivity index (χ0) is 7.84. The number of aromatic nitrogens is 2. The lowest BCUT2D eigenvalue weighted by Crippen LogP contribution is -1.96. The van der Waals surface area contributed by atoms with Gasteiger partial charge in [-0.05, 0) is 24.3 Å². The van der Waals surface area contributed by atoms with E-state index in [1.807, 2.05) is 17.9 Å². The van der Waals surface area contributed by atoms with Gasteiger partial charge in [0.1, 0.15) is 0 Å². The molecule has 1 saturated carbocycles. The highest BCUT2D eigenvalue weighted by Gasteiger charge is 2.27. The van der Waals surface area contributed by atoms with Gasteiger partial charge in [-0.1, -0.05) is 0 Å². The lowest BCUT2D eigenvalue weighted by molar-refractivity contribution is 0.732. The van der Waals surface area contributed by atoms with Crippen molar-refractivity contribution >= 4 is 11.6 Å². The summed E-state index contributed by atoms with van der Waals surface area (Å²) in [5.41, 5.74) is 2.55. The van der Waals surface area contributed by atoms with Gasteiger partial charge in [-0.25, -0.2) is 0 Å². The van der Waals surface area contributed by atoms with Crippen molar-refractivity contribution < 1.29 is 0 Å². The summed E-state index contributed by atoms with van der Waals surface area (Å²) in [6, 6.07) is 0. The van der Waals surface area contributed by atoms with Gasteiger partial charge in [0.05, 0.1) is 17.8 Å². The van der Waals surface area contributed by atoms with E-state index in [1.165, 1.54) is 24.1 Å². The van der Waals surface area contributed by atoms with Crippen LogP contribution in [0.15, 0.2) is 6.20 Å².